The Balaban J connectivity index is 3.96. The van der Waals surface area contributed by atoms with Gasteiger partial charge in [-0.2, -0.15) is 0 Å². The second kappa shape index (κ2) is 35.4. The van der Waals surface area contributed by atoms with Crippen molar-refractivity contribution in [1.82, 2.24) is 0 Å². The Morgan fingerprint density at radius 2 is 0.886 bits per heavy atom. The predicted octanol–water partition coefficient (Wildman–Crippen LogP) is 12.8. The molecule has 0 aliphatic heterocycles. The Morgan fingerprint density at radius 1 is 0.500 bits per heavy atom. The molecule has 0 spiro atoms. The molecule has 44 heavy (non-hydrogen) atoms. The molecule has 0 amide bonds. The van der Waals surface area contributed by atoms with Crippen LogP contribution in [-0.2, 0) is 14.3 Å². The fourth-order valence-corrected chi connectivity index (χ4v) is 5.28. The van der Waals surface area contributed by atoms with Crippen molar-refractivity contribution >= 4 is 11.9 Å². The molecule has 0 rings (SSSR count). The Bertz CT molecular complexity index is 748. The van der Waals surface area contributed by atoms with Gasteiger partial charge in [-0.25, -0.2) is 0 Å². The van der Waals surface area contributed by atoms with Gasteiger partial charge in [0.2, 0.25) is 0 Å². The third-order valence-electron chi connectivity index (χ3n) is 8.05. The lowest BCUT2D eigenvalue weighted by atomic mass is 10.0. The molecule has 0 heterocycles. The van der Waals surface area contributed by atoms with E-state index < -0.39 is 5.97 Å². The molecule has 0 saturated carbocycles. The Kier molecular flexibility index (Phi) is 33.7. The van der Waals surface area contributed by atoms with Crippen molar-refractivity contribution in [2.75, 3.05) is 0 Å². The number of ether oxygens (including phenoxy) is 1. The molecule has 0 aromatic heterocycles. The van der Waals surface area contributed by atoms with Crippen molar-refractivity contribution in [3.63, 3.8) is 0 Å². The van der Waals surface area contributed by atoms with E-state index in [0.29, 0.717) is 6.42 Å². The summed E-state index contributed by atoms with van der Waals surface area (Å²) in [7, 11) is 0. The largest absolute Gasteiger partial charge is 0.481 e. The molecule has 0 aromatic rings. The fourth-order valence-electron chi connectivity index (χ4n) is 5.28. The van der Waals surface area contributed by atoms with Crippen molar-refractivity contribution in [1.29, 1.82) is 0 Å². The van der Waals surface area contributed by atoms with E-state index in [2.05, 4.69) is 62.5 Å². The summed E-state index contributed by atoms with van der Waals surface area (Å²) >= 11 is 0. The van der Waals surface area contributed by atoms with Crippen LogP contribution in [0.4, 0.5) is 0 Å². The summed E-state index contributed by atoms with van der Waals surface area (Å²) in [6, 6.07) is 0. The molecule has 0 saturated heterocycles. The van der Waals surface area contributed by atoms with Crippen molar-refractivity contribution in [3.05, 3.63) is 48.6 Å². The molecular formula is C40H70O4. The van der Waals surface area contributed by atoms with Gasteiger partial charge in [0.25, 0.3) is 0 Å². The van der Waals surface area contributed by atoms with Gasteiger partial charge in [-0.05, 0) is 83.5 Å². The Labute approximate surface area is 272 Å². The van der Waals surface area contributed by atoms with Crippen LogP contribution in [0.2, 0.25) is 0 Å². The van der Waals surface area contributed by atoms with E-state index in [1.807, 2.05) is 0 Å². The summed E-state index contributed by atoms with van der Waals surface area (Å²) in [5.41, 5.74) is 0. The summed E-state index contributed by atoms with van der Waals surface area (Å²) in [5, 5.41) is 8.73. The molecule has 0 aliphatic rings. The zero-order chi connectivity index (χ0) is 32.2. The van der Waals surface area contributed by atoms with Crippen LogP contribution in [0.3, 0.4) is 0 Å². The summed E-state index contributed by atoms with van der Waals surface area (Å²) in [6.07, 6.45) is 47.1. The molecule has 0 aromatic carbocycles. The van der Waals surface area contributed by atoms with Gasteiger partial charge in [0.15, 0.2) is 0 Å². The second-order valence-electron chi connectivity index (χ2n) is 12.4. The molecule has 1 N–H and O–H groups in total. The average molecular weight is 615 g/mol. The molecular weight excluding hydrogens is 544 g/mol. The first-order valence-electron chi connectivity index (χ1n) is 18.6. The van der Waals surface area contributed by atoms with E-state index >= 15 is 0 Å². The SMILES string of the molecule is CCCCC/C=C\C/C=C\C/C=C\C/C=C\CCCCCC(=O)OC(CCCCCCC)CCCCCCCCCC(=O)O. The molecule has 4 nitrogen and oxygen atoms in total. The van der Waals surface area contributed by atoms with Crippen LogP contribution in [-0.4, -0.2) is 23.1 Å². The van der Waals surface area contributed by atoms with E-state index in [1.165, 1.54) is 70.6 Å². The first kappa shape index (κ1) is 41.9. The number of unbranched alkanes of at least 4 members (excludes halogenated alkanes) is 16. The number of carboxylic acids is 1. The minimum atomic E-state index is -0.692. The molecule has 254 valence electrons. The number of carbonyl (C=O) groups excluding carboxylic acids is 1. The number of carbonyl (C=O) groups is 2. The highest BCUT2D eigenvalue weighted by Gasteiger charge is 2.14. The minimum absolute atomic E-state index is 0.0142. The van der Waals surface area contributed by atoms with E-state index in [0.717, 1.165) is 89.9 Å². The molecule has 1 atom stereocenters. The summed E-state index contributed by atoms with van der Waals surface area (Å²) in [4.78, 5) is 23.2. The van der Waals surface area contributed by atoms with Gasteiger partial charge < -0.3 is 9.84 Å². The second-order valence-corrected chi connectivity index (χ2v) is 12.4. The number of carboxylic acid groups (broad SMARTS) is 1. The Morgan fingerprint density at radius 3 is 1.41 bits per heavy atom. The standard InChI is InChI=1S/C40H70O4/c1-3-5-7-9-10-11-12-13-14-15-16-17-18-19-20-21-25-29-33-37-40(43)44-38(34-30-26-8-6-4-2)35-31-27-23-22-24-28-32-36-39(41)42/h10-11,13-14,16-17,19-20,38H,3-9,12,15,18,21-37H2,1-2H3,(H,41,42)/b11-10-,14-13-,17-16-,20-19-. The van der Waals surface area contributed by atoms with Gasteiger partial charge in [0.1, 0.15) is 6.10 Å². The van der Waals surface area contributed by atoms with Gasteiger partial charge in [-0.3, -0.25) is 9.59 Å². The fraction of sp³-hybridized carbons (Fsp3) is 0.750. The lowest BCUT2D eigenvalue weighted by Crippen LogP contribution is -2.18. The van der Waals surface area contributed by atoms with Crippen LogP contribution in [0.1, 0.15) is 187 Å². The molecule has 0 radical (unpaired) electrons. The van der Waals surface area contributed by atoms with Gasteiger partial charge >= 0.3 is 11.9 Å². The van der Waals surface area contributed by atoms with E-state index in [4.69, 9.17) is 9.84 Å². The third kappa shape index (κ3) is 34.4. The summed E-state index contributed by atoms with van der Waals surface area (Å²) in [5.74, 6) is -0.706. The Hall–Kier alpha value is -2.10. The van der Waals surface area contributed by atoms with Gasteiger partial charge in [-0.1, -0.05) is 140 Å². The number of aliphatic carboxylic acids is 1. The number of hydrogen-bond donors (Lipinski definition) is 1. The highest BCUT2D eigenvalue weighted by atomic mass is 16.5. The van der Waals surface area contributed by atoms with E-state index in [1.54, 1.807) is 0 Å². The number of rotatable bonds is 33. The topological polar surface area (TPSA) is 63.6 Å². The summed E-state index contributed by atoms with van der Waals surface area (Å²) in [6.45, 7) is 4.48. The van der Waals surface area contributed by atoms with Crippen molar-refractivity contribution in [2.45, 2.75) is 193 Å². The van der Waals surface area contributed by atoms with Crippen molar-refractivity contribution in [3.8, 4) is 0 Å². The quantitative estimate of drug-likeness (QED) is 0.0454. The first-order valence-corrected chi connectivity index (χ1v) is 18.6. The van der Waals surface area contributed by atoms with Crippen molar-refractivity contribution < 1.29 is 19.4 Å². The van der Waals surface area contributed by atoms with Crippen molar-refractivity contribution in [2.24, 2.45) is 0 Å². The lowest BCUT2D eigenvalue weighted by molar-refractivity contribution is -0.150. The van der Waals surface area contributed by atoms with Crippen LogP contribution < -0.4 is 0 Å². The lowest BCUT2D eigenvalue weighted by Gasteiger charge is -2.18. The van der Waals surface area contributed by atoms with Crippen LogP contribution >= 0.6 is 0 Å². The molecule has 0 fully saturated rings. The number of allylic oxidation sites excluding steroid dienone is 8. The number of hydrogen-bond acceptors (Lipinski definition) is 3. The third-order valence-corrected chi connectivity index (χ3v) is 8.05. The summed E-state index contributed by atoms with van der Waals surface area (Å²) < 4.78 is 5.95. The van der Waals surface area contributed by atoms with Crippen LogP contribution in [0.5, 0.6) is 0 Å². The van der Waals surface area contributed by atoms with E-state index in [9.17, 15) is 9.59 Å². The maximum Gasteiger partial charge on any atom is 0.306 e. The zero-order valence-corrected chi connectivity index (χ0v) is 29.0. The highest BCUT2D eigenvalue weighted by Crippen LogP contribution is 2.18. The first-order chi connectivity index (χ1) is 21.6. The molecule has 0 aliphatic carbocycles. The monoisotopic (exact) mass is 615 g/mol. The van der Waals surface area contributed by atoms with Crippen LogP contribution in [0.25, 0.3) is 0 Å². The van der Waals surface area contributed by atoms with Gasteiger partial charge in [0, 0.05) is 12.8 Å². The highest BCUT2D eigenvalue weighted by molar-refractivity contribution is 5.69. The van der Waals surface area contributed by atoms with Crippen LogP contribution in [0, 0.1) is 0 Å². The maximum absolute atomic E-state index is 12.6. The van der Waals surface area contributed by atoms with Gasteiger partial charge in [0.05, 0.1) is 0 Å². The van der Waals surface area contributed by atoms with Gasteiger partial charge in [-0.15, -0.1) is 0 Å². The van der Waals surface area contributed by atoms with E-state index in [-0.39, 0.29) is 18.5 Å². The predicted molar refractivity (Wildman–Crippen MR) is 190 cm³/mol. The molecule has 0 bridgehead atoms. The van der Waals surface area contributed by atoms with Crippen LogP contribution in [0.15, 0.2) is 48.6 Å². The number of esters is 1. The maximum atomic E-state index is 12.6. The normalized spacial score (nSPS) is 12.8. The smallest absolute Gasteiger partial charge is 0.306 e. The average Bonchev–Trinajstić information content (AvgIpc) is 3.00. The molecule has 1 unspecified atom stereocenters. The molecule has 4 heteroatoms. The minimum Gasteiger partial charge on any atom is -0.481 e. The zero-order valence-electron chi connectivity index (χ0n) is 29.0.